The summed E-state index contributed by atoms with van der Waals surface area (Å²) in [5.74, 6) is 0. The first-order chi connectivity index (χ1) is 8.61. The molecule has 0 aromatic carbocycles. The summed E-state index contributed by atoms with van der Waals surface area (Å²) in [4.78, 5) is 6.96. The van der Waals surface area contributed by atoms with E-state index in [1.54, 1.807) is 11.3 Å². The van der Waals surface area contributed by atoms with Gasteiger partial charge in [0.2, 0.25) is 0 Å². The average molecular weight is 267 g/mol. The Hall–Kier alpha value is -0.710. The molecule has 1 N–H and O–H groups in total. The fraction of sp³-hybridized carbons (Fsp3) is 0.643. The molecule has 0 radical (unpaired) electrons. The zero-order valence-corrected chi connectivity index (χ0v) is 12.6. The summed E-state index contributed by atoms with van der Waals surface area (Å²) in [6.07, 6.45) is 4.24. The van der Waals surface area contributed by atoms with E-state index in [1.165, 1.54) is 17.1 Å². The quantitative estimate of drug-likeness (QED) is 0.550. The minimum absolute atomic E-state index is 0.513. The summed E-state index contributed by atoms with van der Waals surface area (Å²) in [5, 5.41) is 6.74. The molecule has 0 spiro atoms. The molecule has 0 fully saturated rings. The highest BCUT2D eigenvalue weighted by Crippen LogP contribution is 2.11. The lowest BCUT2D eigenvalue weighted by molar-refractivity contribution is 0.319. The SMILES string of the molecule is C=CCCCN(C)Cc1csc(CNC(C)C)n1. The largest absolute Gasteiger partial charge is 0.308 e. The van der Waals surface area contributed by atoms with Crippen molar-refractivity contribution in [1.82, 2.24) is 15.2 Å². The van der Waals surface area contributed by atoms with E-state index < -0.39 is 0 Å². The van der Waals surface area contributed by atoms with Crippen LogP contribution in [0, 0.1) is 0 Å². The first kappa shape index (κ1) is 15.3. The summed E-state index contributed by atoms with van der Waals surface area (Å²) in [7, 11) is 2.15. The van der Waals surface area contributed by atoms with Gasteiger partial charge in [-0.15, -0.1) is 17.9 Å². The molecule has 0 amide bonds. The van der Waals surface area contributed by atoms with Gasteiger partial charge in [-0.05, 0) is 26.4 Å². The van der Waals surface area contributed by atoms with Gasteiger partial charge in [-0.3, -0.25) is 0 Å². The molecule has 0 aliphatic carbocycles. The predicted octanol–water partition coefficient (Wildman–Crippen LogP) is 3.04. The zero-order chi connectivity index (χ0) is 13.4. The zero-order valence-electron chi connectivity index (χ0n) is 11.8. The number of hydrogen-bond acceptors (Lipinski definition) is 4. The molecule has 1 rings (SSSR count). The number of thiazole rings is 1. The van der Waals surface area contributed by atoms with Crippen molar-refractivity contribution in [1.29, 1.82) is 0 Å². The second kappa shape index (κ2) is 8.40. The van der Waals surface area contributed by atoms with Gasteiger partial charge in [-0.1, -0.05) is 19.9 Å². The van der Waals surface area contributed by atoms with Crippen molar-refractivity contribution in [3.63, 3.8) is 0 Å². The highest BCUT2D eigenvalue weighted by molar-refractivity contribution is 7.09. The topological polar surface area (TPSA) is 28.2 Å². The van der Waals surface area contributed by atoms with E-state index in [0.29, 0.717) is 6.04 Å². The van der Waals surface area contributed by atoms with Crippen LogP contribution >= 0.6 is 11.3 Å². The Morgan fingerprint density at radius 1 is 1.56 bits per heavy atom. The number of hydrogen-bond donors (Lipinski definition) is 1. The smallest absolute Gasteiger partial charge is 0.107 e. The van der Waals surface area contributed by atoms with Gasteiger partial charge in [0, 0.05) is 24.5 Å². The number of nitrogens with one attached hydrogen (secondary N) is 1. The van der Waals surface area contributed by atoms with E-state index >= 15 is 0 Å². The number of aromatic nitrogens is 1. The van der Waals surface area contributed by atoms with Crippen LogP contribution < -0.4 is 5.32 Å². The van der Waals surface area contributed by atoms with Gasteiger partial charge in [-0.25, -0.2) is 4.98 Å². The lowest BCUT2D eigenvalue weighted by atomic mass is 10.3. The molecule has 0 saturated heterocycles. The van der Waals surface area contributed by atoms with Gasteiger partial charge in [-0.2, -0.15) is 0 Å². The minimum atomic E-state index is 0.513. The van der Waals surface area contributed by atoms with E-state index in [9.17, 15) is 0 Å². The summed E-state index contributed by atoms with van der Waals surface area (Å²) in [6.45, 7) is 11.0. The van der Waals surface area contributed by atoms with E-state index in [-0.39, 0.29) is 0 Å². The highest BCUT2D eigenvalue weighted by Gasteiger charge is 2.05. The van der Waals surface area contributed by atoms with Crippen molar-refractivity contribution in [3.05, 3.63) is 28.7 Å². The molecule has 1 heterocycles. The van der Waals surface area contributed by atoms with Crippen LogP contribution in [0.1, 0.15) is 37.4 Å². The normalized spacial score (nSPS) is 11.4. The maximum atomic E-state index is 4.64. The van der Waals surface area contributed by atoms with Crippen LogP contribution in [0.4, 0.5) is 0 Å². The Kier molecular flexibility index (Phi) is 7.16. The molecule has 0 bridgehead atoms. The molecule has 102 valence electrons. The third-order valence-electron chi connectivity index (χ3n) is 2.64. The van der Waals surface area contributed by atoms with E-state index in [4.69, 9.17) is 0 Å². The molecule has 1 aromatic rings. The first-order valence-corrected chi connectivity index (χ1v) is 7.46. The van der Waals surface area contributed by atoms with E-state index in [0.717, 1.165) is 26.1 Å². The summed E-state index contributed by atoms with van der Waals surface area (Å²) >= 11 is 1.75. The molecule has 0 unspecified atom stereocenters. The molecule has 18 heavy (non-hydrogen) atoms. The second-order valence-corrected chi connectivity index (χ2v) is 5.88. The molecule has 4 heteroatoms. The Morgan fingerprint density at radius 2 is 2.33 bits per heavy atom. The molecule has 0 aliphatic heterocycles. The Bertz CT molecular complexity index is 347. The second-order valence-electron chi connectivity index (χ2n) is 4.94. The average Bonchev–Trinajstić information content (AvgIpc) is 2.74. The minimum Gasteiger partial charge on any atom is -0.308 e. The van der Waals surface area contributed by atoms with Crippen LogP contribution in [0.3, 0.4) is 0 Å². The van der Waals surface area contributed by atoms with Crippen molar-refractivity contribution in [3.8, 4) is 0 Å². The summed E-state index contributed by atoms with van der Waals surface area (Å²) in [6, 6.07) is 0.513. The van der Waals surface area contributed by atoms with Crippen molar-refractivity contribution in [2.45, 2.75) is 45.8 Å². The van der Waals surface area contributed by atoms with Crippen LogP contribution in [-0.4, -0.2) is 29.5 Å². The third-order valence-corrected chi connectivity index (χ3v) is 3.54. The van der Waals surface area contributed by atoms with Crippen molar-refractivity contribution >= 4 is 11.3 Å². The third kappa shape index (κ3) is 6.28. The molecule has 1 aromatic heterocycles. The van der Waals surface area contributed by atoms with Gasteiger partial charge in [0.05, 0.1) is 5.69 Å². The van der Waals surface area contributed by atoms with Gasteiger partial charge < -0.3 is 10.2 Å². The number of nitrogens with zero attached hydrogens (tertiary/aromatic N) is 2. The van der Waals surface area contributed by atoms with Gasteiger partial charge >= 0.3 is 0 Å². The standard InChI is InChI=1S/C14H25N3S/c1-5-6-7-8-17(4)10-13-11-18-14(16-13)9-15-12(2)3/h5,11-12,15H,1,6-10H2,2-4H3. The number of unbranched alkanes of at least 4 members (excludes halogenated alkanes) is 1. The van der Waals surface area contributed by atoms with E-state index in [1.807, 2.05) is 6.08 Å². The van der Waals surface area contributed by atoms with Gasteiger partial charge in [0.1, 0.15) is 5.01 Å². The molecular formula is C14H25N3S. The van der Waals surface area contributed by atoms with Gasteiger partial charge in [0.25, 0.3) is 0 Å². The molecule has 0 aliphatic rings. The van der Waals surface area contributed by atoms with Gasteiger partial charge in [0.15, 0.2) is 0 Å². The summed E-state index contributed by atoms with van der Waals surface area (Å²) < 4.78 is 0. The number of allylic oxidation sites excluding steroid dienone is 1. The lowest BCUT2D eigenvalue weighted by Crippen LogP contribution is -2.22. The van der Waals surface area contributed by atoms with E-state index in [2.05, 4.69) is 48.1 Å². The van der Waals surface area contributed by atoms with Crippen LogP contribution in [0.15, 0.2) is 18.0 Å². The fourth-order valence-electron chi connectivity index (χ4n) is 1.66. The van der Waals surface area contributed by atoms with Crippen molar-refractivity contribution in [2.24, 2.45) is 0 Å². The fourth-order valence-corrected chi connectivity index (χ4v) is 2.39. The van der Waals surface area contributed by atoms with Crippen LogP contribution in [0.5, 0.6) is 0 Å². The first-order valence-electron chi connectivity index (χ1n) is 6.58. The highest BCUT2D eigenvalue weighted by atomic mass is 32.1. The predicted molar refractivity (Wildman–Crippen MR) is 79.9 cm³/mol. The molecule has 0 saturated carbocycles. The molecular weight excluding hydrogens is 242 g/mol. The van der Waals surface area contributed by atoms with Crippen LogP contribution in [-0.2, 0) is 13.1 Å². The van der Waals surface area contributed by atoms with Crippen LogP contribution in [0.25, 0.3) is 0 Å². The Morgan fingerprint density at radius 3 is 3.00 bits per heavy atom. The lowest BCUT2D eigenvalue weighted by Gasteiger charge is -2.14. The number of rotatable bonds is 9. The summed E-state index contributed by atoms with van der Waals surface area (Å²) in [5.41, 5.74) is 1.18. The maximum absolute atomic E-state index is 4.64. The van der Waals surface area contributed by atoms with Crippen molar-refractivity contribution < 1.29 is 0 Å². The Labute approximate surface area is 115 Å². The van der Waals surface area contributed by atoms with Crippen LogP contribution in [0.2, 0.25) is 0 Å². The maximum Gasteiger partial charge on any atom is 0.107 e. The Balaban J connectivity index is 2.31. The molecule has 3 nitrogen and oxygen atoms in total. The van der Waals surface area contributed by atoms with Crippen molar-refractivity contribution in [2.75, 3.05) is 13.6 Å². The monoisotopic (exact) mass is 267 g/mol. The molecule has 0 atom stereocenters.